The van der Waals surface area contributed by atoms with Crippen LogP contribution >= 0.6 is 11.6 Å². The Morgan fingerprint density at radius 2 is 2.10 bits per heavy atom. The van der Waals surface area contributed by atoms with E-state index in [4.69, 9.17) is 22.1 Å². The van der Waals surface area contributed by atoms with Crippen molar-refractivity contribution in [2.75, 3.05) is 12.3 Å². The van der Waals surface area contributed by atoms with E-state index in [2.05, 4.69) is 15.0 Å². The minimum atomic E-state index is 0.521. The summed E-state index contributed by atoms with van der Waals surface area (Å²) in [5.74, 6) is 1.26. The molecule has 5 nitrogen and oxygen atoms in total. The minimum Gasteiger partial charge on any atom is -0.478 e. The average molecular weight is 289 g/mol. The van der Waals surface area contributed by atoms with Crippen LogP contribution in [0.25, 0.3) is 22.6 Å². The summed E-state index contributed by atoms with van der Waals surface area (Å²) in [7, 11) is 0. The third kappa shape index (κ3) is 2.28. The number of H-pyrrole nitrogens is 1. The summed E-state index contributed by atoms with van der Waals surface area (Å²) in [4.78, 5) is 12.0. The molecule has 20 heavy (non-hydrogen) atoms. The first-order chi connectivity index (χ1) is 9.67. The van der Waals surface area contributed by atoms with Gasteiger partial charge in [0.1, 0.15) is 5.82 Å². The van der Waals surface area contributed by atoms with Crippen molar-refractivity contribution in [3.63, 3.8) is 0 Å². The highest BCUT2D eigenvalue weighted by Gasteiger charge is 2.08. The number of ether oxygens (including phenoxy) is 1. The molecule has 0 aliphatic rings. The average Bonchev–Trinajstić information content (AvgIpc) is 2.85. The Balaban J connectivity index is 2.05. The number of nitrogen functional groups attached to an aromatic ring is 1. The van der Waals surface area contributed by atoms with Crippen LogP contribution in [-0.2, 0) is 0 Å². The monoisotopic (exact) mass is 288 g/mol. The normalized spacial score (nSPS) is 10.9. The summed E-state index contributed by atoms with van der Waals surface area (Å²) in [6, 6.07) is 9.09. The molecule has 3 N–H and O–H groups in total. The lowest BCUT2D eigenvalue weighted by Gasteiger charge is -2.00. The molecule has 6 heteroatoms. The lowest BCUT2D eigenvalue weighted by molar-refractivity contribution is 0.328. The summed E-state index contributed by atoms with van der Waals surface area (Å²) in [5, 5.41) is 0.529. The van der Waals surface area contributed by atoms with Gasteiger partial charge in [-0.15, -0.1) is 0 Å². The molecular formula is C14H13ClN4O. The number of nitrogens with zero attached hydrogens (tertiary/aromatic N) is 2. The first-order valence-electron chi connectivity index (χ1n) is 6.22. The van der Waals surface area contributed by atoms with E-state index >= 15 is 0 Å². The maximum atomic E-state index is 5.92. The predicted molar refractivity (Wildman–Crippen MR) is 79.9 cm³/mol. The van der Waals surface area contributed by atoms with Gasteiger partial charge in [0.05, 0.1) is 22.8 Å². The molecule has 3 rings (SSSR count). The largest absolute Gasteiger partial charge is 0.478 e. The molecule has 1 aromatic carbocycles. The van der Waals surface area contributed by atoms with Gasteiger partial charge in [-0.25, -0.2) is 4.98 Å². The number of pyridine rings is 1. The van der Waals surface area contributed by atoms with Crippen LogP contribution in [0.4, 0.5) is 5.69 Å². The van der Waals surface area contributed by atoms with Crippen molar-refractivity contribution in [1.82, 2.24) is 15.0 Å². The van der Waals surface area contributed by atoms with Gasteiger partial charge in [0, 0.05) is 11.6 Å². The first-order valence-corrected chi connectivity index (χ1v) is 6.60. The van der Waals surface area contributed by atoms with Crippen molar-refractivity contribution in [3.05, 3.63) is 35.4 Å². The topological polar surface area (TPSA) is 76.8 Å². The van der Waals surface area contributed by atoms with Gasteiger partial charge in [-0.1, -0.05) is 11.6 Å². The van der Waals surface area contributed by atoms with Crippen LogP contribution in [0.15, 0.2) is 30.3 Å². The van der Waals surface area contributed by atoms with Gasteiger partial charge >= 0.3 is 0 Å². The molecule has 0 unspecified atom stereocenters. The second-order valence-electron chi connectivity index (χ2n) is 4.28. The second kappa shape index (κ2) is 5.02. The SMILES string of the molecule is CCOc1ccc2[nH]c(-c3ccc(Cl)c(N)c3)nc2n1. The van der Waals surface area contributed by atoms with Gasteiger partial charge < -0.3 is 15.5 Å². The third-order valence-electron chi connectivity index (χ3n) is 2.88. The number of aromatic nitrogens is 3. The van der Waals surface area contributed by atoms with Gasteiger partial charge in [0.15, 0.2) is 5.65 Å². The minimum absolute atomic E-state index is 0.521. The van der Waals surface area contributed by atoms with Crippen molar-refractivity contribution in [3.8, 4) is 17.3 Å². The highest BCUT2D eigenvalue weighted by atomic mass is 35.5. The molecule has 0 aliphatic heterocycles. The molecule has 0 saturated heterocycles. The fourth-order valence-electron chi connectivity index (χ4n) is 1.93. The van der Waals surface area contributed by atoms with Gasteiger partial charge in [0.25, 0.3) is 0 Å². The Labute approximate surface area is 120 Å². The summed E-state index contributed by atoms with van der Waals surface area (Å²) in [6.07, 6.45) is 0. The smallest absolute Gasteiger partial charge is 0.215 e. The van der Waals surface area contributed by atoms with Crippen molar-refractivity contribution in [2.24, 2.45) is 0 Å². The van der Waals surface area contributed by atoms with Crippen LogP contribution in [-0.4, -0.2) is 21.6 Å². The van der Waals surface area contributed by atoms with Gasteiger partial charge in [0.2, 0.25) is 5.88 Å². The van der Waals surface area contributed by atoms with Crippen LogP contribution < -0.4 is 10.5 Å². The summed E-state index contributed by atoms with van der Waals surface area (Å²) in [6.45, 7) is 2.49. The fourth-order valence-corrected chi connectivity index (χ4v) is 2.05. The highest BCUT2D eigenvalue weighted by molar-refractivity contribution is 6.33. The molecular weight excluding hydrogens is 276 g/mol. The number of hydrogen-bond acceptors (Lipinski definition) is 4. The van der Waals surface area contributed by atoms with Crippen LogP contribution in [0.5, 0.6) is 5.88 Å². The molecule has 0 spiro atoms. The standard InChI is InChI=1S/C14H13ClN4O/c1-2-20-12-6-5-11-14(18-12)19-13(17-11)8-3-4-9(15)10(16)7-8/h3-7H,2,16H2,1H3,(H,17,18,19). The Bertz CT molecular complexity index is 769. The quantitative estimate of drug-likeness (QED) is 0.725. The molecule has 0 fully saturated rings. The Morgan fingerprint density at radius 3 is 2.85 bits per heavy atom. The van der Waals surface area contributed by atoms with E-state index in [1.54, 1.807) is 12.1 Å². The van der Waals surface area contributed by atoms with Crippen LogP contribution in [0.1, 0.15) is 6.92 Å². The number of halogens is 1. The van der Waals surface area contributed by atoms with E-state index in [1.165, 1.54) is 0 Å². The van der Waals surface area contributed by atoms with Crippen molar-refractivity contribution in [2.45, 2.75) is 6.92 Å². The summed E-state index contributed by atoms with van der Waals surface area (Å²) >= 11 is 5.92. The number of fused-ring (bicyclic) bond motifs is 1. The van der Waals surface area contributed by atoms with Gasteiger partial charge in [-0.3, -0.25) is 0 Å². The number of rotatable bonds is 3. The molecule has 0 atom stereocenters. The molecule has 0 radical (unpaired) electrons. The fraction of sp³-hybridized carbons (Fsp3) is 0.143. The maximum absolute atomic E-state index is 5.92. The summed E-state index contributed by atoms with van der Waals surface area (Å²) < 4.78 is 5.36. The summed E-state index contributed by atoms with van der Waals surface area (Å²) in [5.41, 5.74) is 8.65. The molecule has 2 aromatic heterocycles. The van der Waals surface area contributed by atoms with E-state index in [9.17, 15) is 0 Å². The van der Waals surface area contributed by atoms with Crippen molar-refractivity contribution >= 4 is 28.5 Å². The molecule has 2 heterocycles. The highest BCUT2D eigenvalue weighted by Crippen LogP contribution is 2.26. The number of aromatic amines is 1. The van der Waals surface area contributed by atoms with Crippen LogP contribution in [0.2, 0.25) is 5.02 Å². The number of nitrogens with one attached hydrogen (secondary N) is 1. The molecule has 0 saturated carbocycles. The number of hydrogen-bond donors (Lipinski definition) is 2. The molecule has 0 bridgehead atoms. The number of nitrogens with two attached hydrogens (primary N) is 1. The Hall–Kier alpha value is -2.27. The third-order valence-corrected chi connectivity index (χ3v) is 3.23. The van der Waals surface area contributed by atoms with Gasteiger partial charge in [-0.05, 0) is 31.2 Å². The van der Waals surface area contributed by atoms with E-state index in [1.807, 2.05) is 25.1 Å². The zero-order valence-electron chi connectivity index (χ0n) is 10.9. The van der Waals surface area contributed by atoms with E-state index in [-0.39, 0.29) is 0 Å². The molecule has 102 valence electrons. The van der Waals surface area contributed by atoms with Crippen LogP contribution in [0.3, 0.4) is 0 Å². The van der Waals surface area contributed by atoms with E-state index < -0.39 is 0 Å². The van der Waals surface area contributed by atoms with Crippen LogP contribution in [0, 0.1) is 0 Å². The van der Waals surface area contributed by atoms with E-state index in [0.29, 0.717) is 34.7 Å². The first kappa shape index (κ1) is 12.7. The number of imidazole rings is 1. The second-order valence-corrected chi connectivity index (χ2v) is 4.68. The zero-order chi connectivity index (χ0) is 14.1. The molecule has 0 aliphatic carbocycles. The number of benzene rings is 1. The van der Waals surface area contributed by atoms with Crippen molar-refractivity contribution in [1.29, 1.82) is 0 Å². The Kier molecular flexibility index (Phi) is 3.20. The van der Waals surface area contributed by atoms with Gasteiger partial charge in [-0.2, -0.15) is 4.98 Å². The molecule has 3 aromatic rings. The van der Waals surface area contributed by atoms with E-state index in [0.717, 1.165) is 11.1 Å². The number of anilines is 1. The van der Waals surface area contributed by atoms with Crippen molar-refractivity contribution < 1.29 is 4.74 Å². The lowest BCUT2D eigenvalue weighted by atomic mass is 10.2. The lowest BCUT2D eigenvalue weighted by Crippen LogP contribution is -1.93. The maximum Gasteiger partial charge on any atom is 0.215 e. The molecule has 0 amide bonds. The Morgan fingerprint density at radius 1 is 1.25 bits per heavy atom. The predicted octanol–water partition coefficient (Wildman–Crippen LogP) is 3.26. The zero-order valence-corrected chi connectivity index (χ0v) is 11.6.